The molecule has 1 amide bonds. The largest absolute Gasteiger partial charge is 0.454 e. The molecule has 2 aliphatic carbocycles. The zero-order valence-electron chi connectivity index (χ0n) is 15.8. The molecule has 3 aliphatic heterocycles. The fourth-order valence-electron chi connectivity index (χ4n) is 7.55. The van der Waals surface area contributed by atoms with Crippen molar-refractivity contribution in [2.24, 2.45) is 5.41 Å². The number of benzene rings is 1. The smallest absolute Gasteiger partial charge is 0.231 e. The number of aliphatic hydroxyl groups is 2. The van der Waals surface area contributed by atoms with Gasteiger partial charge in [-0.1, -0.05) is 6.07 Å². The van der Waals surface area contributed by atoms with Crippen molar-refractivity contribution in [3.8, 4) is 11.5 Å². The number of amides is 1. The molecule has 7 nitrogen and oxygen atoms in total. The lowest BCUT2D eigenvalue weighted by atomic mass is 9.42. The van der Waals surface area contributed by atoms with E-state index < -0.39 is 17.1 Å². The summed E-state index contributed by atoms with van der Waals surface area (Å²) in [5.74, 6) is 1.39. The molecule has 28 heavy (non-hydrogen) atoms. The summed E-state index contributed by atoms with van der Waals surface area (Å²) in [6, 6.07) is 3.94. The van der Waals surface area contributed by atoms with Crippen LogP contribution in [-0.4, -0.2) is 59.2 Å². The molecule has 6 rings (SSSR count). The number of nitrogens with zero attached hydrogens (tertiary/aromatic N) is 1. The van der Waals surface area contributed by atoms with Crippen LogP contribution < -0.4 is 14.8 Å². The van der Waals surface area contributed by atoms with Crippen molar-refractivity contribution < 1.29 is 24.5 Å². The first-order valence-electron chi connectivity index (χ1n) is 10.3. The van der Waals surface area contributed by atoms with Crippen molar-refractivity contribution in [3.63, 3.8) is 0 Å². The molecule has 0 radical (unpaired) electrons. The Morgan fingerprint density at radius 2 is 2.14 bits per heavy atom. The van der Waals surface area contributed by atoms with E-state index in [-0.39, 0.29) is 24.9 Å². The topological polar surface area (TPSA) is 91.3 Å². The highest BCUT2D eigenvalue weighted by molar-refractivity contribution is 5.78. The van der Waals surface area contributed by atoms with Crippen molar-refractivity contribution in [1.82, 2.24) is 4.90 Å². The standard InChI is InChI=1S/C21H26N2O5/c24-10-20-6-5-19-4-1-7-23(11-25)18(19)21(20,9-13(26)8-19)14-2-3-15-17(16(14)22-20)28-12-27-15/h2-3,11,13,18,22,24,26H,1,4-10,12H2/t13?,18-,19-,20+,21-/m0/s1. The van der Waals surface area contributed by atoms with Gasteiger partial charge in [0.05, 0.1) is 23.9 Å². The van der Waals surface area contributed by atoms with Crippen LogP contribution in [0.1, 0.15) is 44.1 Å². The summed E-state index contributed by atoms with van der Waals surface area (Å²) in [5, 5.41) is 25.3. The zero-order chi connectivity index (χ0) is 19.1. The van der Waals surface area contributed by atoms with E-state index in [9.17, 15) is 15.0 Å². The van der Waals surface area contributed by atoms with E-state index >= 15 is 0 Å². The van der Waals surface area contributed by atoms with Crippen molar-refractivity contribution >= 4 is 12.1 Å². The predicted octanol–water partition coefficient (Wildman–Crippen LogP) is 1.37. The predicted molar refractivity (Wildman–Crippen MR) is 100 cm³/mol. The third kappa shape index (κ3) is 1.72. The van der Waals surface area contributed by atoms with Gasteiger partial charge in [-0.25, -0.2) is 0 Å². The summed E-state index contributed by atoms with van der Waals surface area (Å²) in [6.45, 7) is 0.863. The highest BCUT2D eigenvalue weighted by atomic mass is 16.7. The molecule has 7 heteroatoms. The first-order chi connectivity index (χ1) is 13.6. The molecule has 3 N–H and O–H groups in total. The minimum Gasteiger partial charge on any atom is -0.454 e. The minimum absolute atomic E-state index is 0.0373. The van der Waals surface area contributed by atoms with E-state index in [1.54, 1.807) is 0 Å². The van der Waals surface area contributed by atoms with Gasteiger partial charge in [0, 0.05) is 18.0 Å². The number of carbonyl (C=O) groups excluding carboxylic acids is 1. The van der Waals surface area contributed by atoms with Gasteiger partial charge in [0.1, 0.15) is 0 Å². The molecule has 5 aliphatic rings. The van der Waals surface area contributed by atoms with Gasteiger partial charge in [-0.3, -0.25) is 4.79 Å². The van der Waals surface area contributed by atoms with Gasteiger partial charge in [-0.05, 0) is 55.6 Å². The number of anilines is 1. The van der Waals surface area contributed by atoms with Crippen molar-refractivity contribution in [1.29, 1.82) is 0 Å². The van der Waals surface area contributed by atoms with Crippen LogP contribution in [-0.2, 0) is 10.2 Å². The van der Waals surface area contributed by atoms with E-state index in [0.717, 1.165) is 56.3 Å². The summed E-state index contributed by atoms with van der Waals surface area (Å²) >= 11 is 0. The fourth-order valence-corrected chi connectivity index (χ4v) is 7.55. The number of hydrogen-bond donors (Lipinski definition) is 3. The second kappa shape index (κ2) is 5.33. The Hall–Kier alpha value is -1.99. The van der Waals surface area contributed by atoms with E-state index in [2.05, 4.69) is 11.4 Å². The number of likely N-dealkylation sites (tertiary alicyclic amines) is 1. The molecule has 1 unspecified atom stereocenters. The number of ether oxygens (including phenoxy) is 2. The van der Waals surface area contributed by atoms with Gasteiger partial charge in [0.15, 0.2) is 11.5 Å². The number of aliphatic hydroxyl groups excluding tert-OH is 2. The average molecular weight is 386 g/mol. The summed E-state index contributed by atoms with van der Waals surface area (Å²) in [4.78, 5) is 14.1. The molecule has 1 saturated heterocycles. The zero-order valence-corrected chi connectivity index (χ0v) is 15.8. The lowest BCUT2D eigenvalue weighted by Crippen LogP contribution is -2.76. The summed E-state index contributed by atoms with van der Waals surface area (Å²) in [5.41, 5.74) is 0.646. The second-order valence-corrected chi connectivity index (χ2v) is 9.33. The molecule has 1 spiro atoms. The Labute approximate surface area is 163 Å². The number of rotatable bonds is 2. The molecule has 3 fully saturated rings. The quantitative estimate of drug-likeness (QED) is 0.665. The highest BCUT2D eigenvalue weighted by Gasteiger charge is 2.73. The number of hydrogen-bond acceptors (Lipinski definition) is 6. The number of nitrogens with one attached hydrogen (secondary N) is 1. The molecule has 1 aromatic rings. The van der Waals surface area contributed by atoms with Gasteiger partial charge in [-0.15, -0.1) is 0 Å². The van der Waals surface area contributed by atoms with Crippen LogP contribution in [0.15, 0.2) is 12.1 Å². The Balaban J connectivity index is 1.65. The van der Waals surface area contributed by atoms with Crippen LogP contribution >= 0.6 is 0 Å². The van der Waals surface area contributed by atoms with Crippen molar-refractivity contribution in [2.45, 2.75) is 61.6 Å². The third-order valence-electron chi connectivity index (χ3n) is 8.36. The number of piperidine rings is 1. The van der Waals surface area contributed by atoms with Crippen molar-refractivity contribution in [2.75, 3.05) is 25.3 Å². The first-order valence-corrected chi connectivity index (χ1v) is 10.3. The Kier molecular flexibility index (Phi) is 3.22. The normalized spacial score (nSPS) is 42.3. The molecule has 1 aromatic carbocycles. The molecular weight excluding hydrogens is 360 g/mol. The summed E-state index contributed by atoms with van der Waals surface area (Å²) < 4.78 is 11.3. The molecular formula is C21H26N2O5. The van der Waals surface area contributed by atoms with Gasteiger partial charge in [-0.2, -0.15) is 0 Å². The molecule has 2 saturated carbocycles. The average Bonchev–Trinajstić information content (AvgIpc) is 3.27. The number of fused-ring (bicyclic) bond motifs is 3. The Morgan fingerprint density at radius 3 is 2.96 bits per heavy atom. The Bertz CT molecular complexity index is 861. The summed E-state index contributed by atoms with van der Waals surface area (Å²) in [6.07, 6.45) is 5.47. The lowest BCUT2D eigenvalue weighted by Gasteiger charge is -2.68. The lowest BCUT2D eigenvalue weighted by molar-refractivity contribution is -0.167. The van der Waals surface area contributed by atoms with E-state index in [0.29, 0.717) is 17.9 Å². The molecule has 0 aromatic heterocycles. The van der Waals surface area contributed by atoms with Crippen LogP contribution in [0.5, 0.6) is 11.5 Å². The van der Waals surface area contributed by atoms with Crippen molar-refractivity contribution in [3.05, 3.63) is 17.7 Å². The molecule has 2 bridgehead atoms. The maximum absolute atomic E-state index is 12.1. The van der Waals surface area contributed by atoms with Crippen LogP contribution in [0.2, 0.25) is 0 Å². The first kappa shape index (κ1) is 16.9. The second-order valence-electron chi connectivity index (χ2n) is 9.33. The van der Waals surface area contributed by atoms with Gasteiger partial charge >= 0.3 is 0 Å². The maximum atomic E-state index is 12.1. The van der Waals surface area contributed by atoms with Crippen LogP contribution in [0.4, 0.5) is 5.69 Å². The number of carbonyl (C=O) groups is 1. The fraction of sp³-hybridized carbons (Fsp3) is 0.667. The molecule has 3 heterocycles. The molecule has 5 atom stereocenters. The van der Waals surface area contributed by atoms with E-state index in [1.165, 1.54) is 0 Å². The minimum atomic E-state index is -0.620. The molecule has 150 valence electrons. The van der Waals surface area contributed by atoms with E-state index in [1.807, 2.05) is 11.0 Å². The monoisotopic (exact) mass is 386 g/mol. The maximum Gasteiger partial charge on any atom is 0.231 e. The van der Waals surface area contributed by atoms with Gasteiger partial charge < -0.3 is 29.9 Å². The van der Waals surface area contributed by atoms with Crippen LogP contribution in [0, 0.1) is 5.41 Å². The summed E-state index contributed by atoms with van der Waals surface area (Å²) in [7, 11) is 0. The Morgan fingerprint density at radius 1 is 1.25 bits per heavy atom. The SMILES string of the molecule is O=CN1CCC[C@]23CC[C@]4(CO)Nc5c(ccc6c5OCO6)[C@@]4(CC(O)C2)[C@@H]13. The van der Waals surface area contributed by atoms with Gasteiger partial charge in [0.25, 0.3) is 0 Å². The highest BCUT2D eigenvalue weighted by Crippen LogP contribution is 2.69. The third-order valence-corrected chi connectivity index (χ3v) is 8.36. The van der Waals surface area contributed by atoms with Crippen LogP contribution in [0.3, 0.4) is 0 Å². The van der Waals surface area contributed by atoms with E-state index in [4.69, 9.17) is 9.47 Å². The van der Waals surface area contributed by atoms with Gasteiger partial charge in [0.2, 0.25) is 13.2 Å². The van der Waals surface area contributed by atoms with Crippen LogP contribution in [0.25, 0.3) is 0 Å².